The first-order valence-corrected chi connectivity index (χ1v) is 3.73. The maximum Gasteiger partial charge on any atom is 0.262 e. The van der Waals surface area contributed by atoms with Gasteiger partial charge in [-0.3, -0.25) is 4.79 Å². The van der Waals surface area contributed by atoms with Gasteiger partial charge in [0.15, 0.2) is 0 Å². The highest BCUT2D eigenvalue weighted by molar-refractivity contribution is 9.10. The first-order chi connectivity index (χ1) is 5.24. The Kier molecular flexibility index (Phi) is 2.40. The Bertz CT molecular complexity index is 327. The van der Waals surface area contributed by atoms with Crippen molar-refractivity contribution in [3.8, 4) is 6.07 Å². The highest BCUT2D eigenvalue weighted by Gasteiger charge is 2.02. The predicted octanol–water partition coefficient (Wildman–Crippen LogP) is 2.16. The summed E-state index contributed by atoms with van der Waals surface area (Å²) in [5.41, 5.74) is 0.418. The van der Waals surface area contributed by atoms with Gasteiger partial charge in [0.2, 0.25) is 0 Å². The van der Waals surface area contributed by atoms with E-state index in [1.165, 1.54) is 0 Å². The number of hydrogen-bond donors (Lipinski definition) is 0. The molecule has 0 saturated heterocycles. The summed E-state index contributed by atoms with van der Waals surface area (Å²) in [5, 5.41) is 8.26. The quantitative estimate of drug-likeness (QED) is 0.526. The molecule has 0 N–H and O–H groups in total. The average molecular weight is 210 g/mol. The van der Waals surface area contributed by atoms with Gasteiger partial charge < -0.3 is 0 Å². The van der Waals surface area contributed by atoms with E-state index in [0.717, 1.165) is 4.47 Å². The van der Waals surface area contributed by atoms with Gasteiger partial charge in [0, 0.05) is 10.0 Å². The van der Waals surface area contributed by atoms with Crippen LogP contribution in [0.1, 0.15) is 10.4 Å². The molecule has 1 aromatic rings. The Balaban J connectivity index is 3.08. The second kappa shape index (κ2) is 3.31. The molecule has 0 saturated carbocycles. The van der Waals surface area contributed by atoms with Crippen LogP contribution in [0.2, 0.25) is 0 Å². The maximum atomic E-state index is 10.8. The molecule has 0 heterocycles. The molecule has 0 amide bonds. The Labute approximate surface area is 72.6 Å². The second-order valence-electron chi connectivity index (χ2n) is 1.95. The van der Waals surface area contributed by atoms with Crippen molar-refractivity contribution in [2.45, 2.75) is 0 Å². The Morgan fingerprint density at radius 3 is 2.82 bits per heavy atom. The summed E-state index contributed by atoms with van der Waals surface area (Å²) in [6.45, 7) is 0. The van der Waals surface area contributed by atoms with Crippen LogP contribution in [-0.2, 0) is 0 Å². The van der Waals surface area contributed by atoms with Gasteiger partial charge >= 0.3 is 0 Å². The fourth-order valence-corrected chi connectivity index (χ4v) is 1.09. The van der Waals surface area contributed by atoms with E-state index in [9.17, 15) is 4.79 Å². The molecule has 0 radical (unpaired) electrons. The molecule has 1 aromatic carbocycles. The van der Waals surface area contributed by atoms with E-state index >= 15 is 0 Å². The molecule has 0 atom stereocenters. The van der Waals surface area contributed by atoms with Crippen molar-refractivity contribution in [1.29, 1.82) is 5.26 Å². The SMILES string of the molecule is N#CC(=O)c1cccc(Br)c1. The van der Waals surface area contributed by atoms with Crippen LogP contribution in [0.4, 0.5) is 0 Å². The van der Waals surface area contributed by atoms with Crippen molar-refractivity contribution in [3.05, 3.63) is 34.3 Å². The van der Waals surface area contributed by atoms with Gasteiger partial charge in [-0.25, -0.2) is 0 Å². The molecule has 0 spiro atoms. The molecule has 0 bridgehead atoms. The van der Waals surface area contributed by atoms with E-state index in [1.807, 2.05) is 0 Å². The van der Waals surface area contributed by atoms with E-state index in [2.05, 4.69) is 15.9 Å². The lowest BCUT2D eigenvalue weighted by molar-refractivity contribution is 0.105. The van der Waals surface area contributed by atoms with Gasteiger partial charge in [-0.05, 0) is 12.1 Å². The number of carbonyl (C=O) groups excluding carboxylic acids is 1. The summed E-state index contributed by atoms with van der Waals surface area (Å²) in [6.07, 6.45) is 0. The van der Waals surface area contributed by atoms with Crippen LogP contribution in [0.15, 0.2) is 28.7 Å². The summed E-state index contributed by atoms with van der Waals surface area (Å²) in [5.74, 6) is -0.508. The first kappa shape index (κ1) is 7.96. The number of ketones is 1. The number of Topliss-reactive ketones (excluding diaryl/α,β-unsaturated/α-hetero) is 1. The molecular formula is C8H4BrNO. The molecule has 3 heteroatoms. The molecule has 0 aliphatic carbocycles. The molecular weight excluding hydrogens is 206 g/mol. The van der Waals surface area contributed by atoms with E-state index in [-0.39, 0.29) is 0 Å². The van der Waals surface area contributed by atoms with Crippen LogP contribution >= 0.6 is 15.9 Å². The number of nitriles is 1. The van der Waals surface area contributed by atoms with E-state index in [0.29, 0.717) is 5.56 Å². The first-order valence-electron chi connectivity index (χ1n) is 2.94. The van der Waals surface area contributed by atoms with E-state index in [4.69, 9.17) is 5.26 Å². The van der Waals surface area contributed by atoms with Crippen LogP contribution in [0.25, 0.3) is 0 Å². The van der Waals surface area contributed by atoms with Crippen LogP contribution < -0.4 is 0 Å². The third kappa shape index (κ3) is 1.89. The molecule has 11 heavy (non-hydrogen) atoms. The molecule has 0 unspecified atom stereocenters. The summed E-state index contributed by atoms with van der Waals surface area (Å²) in [7, 11) is 0. The molecule has 0 fully saturated rings. The average Bonchev–Trinajstić information content (AvgIpc) is 2.03. The lowest BCUT2D eigenvalue weighted by Gasteiger charge is -1.91. The standard InChI is InChI=1S/C8H4BrNO/c9-7-3-1-2-6(4-7)8(11)5-10/h1-4H. The molecule has 0 aliphatic heterocycles. The largest absolute Gasteiger partial charge is 0.277 e. The zero-order chi connectivity index (χ0) is 8.27. The topological polar surface area (TPSA) is 40.9 Å². The minimum atomic E-state index is -0.508. The maximum absolute atomic E-state index is 10.8. The fourth-order valence-electron chi connectivity index (χ4n) is 0.694. The smallest absolute Gasteiger partial charge is 0.262 e. The number of carbonyl (C=O) groups is 1. The predicted molar refractivity (Wildman–Crippen MR) is 44.1 cm³/mol. The monoisotopic (exact) mass is 209 g/mol. The number of hydrogen-bond acceptors (Lipinski definition) is 2. The summed E-state index contributed by atoms with van der Waals surface area (Å²) in [6, 6.07) is 8.29. The third-order valence-corrected chi connectivity index (χ3v) is 1.68. The number of rotatable bonds is 1. The lowest BCUT2D eigenvalue weighted by Crippen LogP contribution is -1.92. The van der Waals surface area contributed by atoms with Gasteiger partial charge in [0.1, 0.15) is 6.07 Å². The zero-order valence-corrected chi connectivity index (χ0v) is 7.13. The van der Waals surface area contributed by atoms with Crippen molar-refractivity contribution < 1.29 is 4.79 Å². The lowest BCUT2D eigenvalue weighted by atomic mass is 10.1. The van der Waals surface area contributed by atoms with Crippen molar-refractivity contribution in [2.75, 3.05) is 0 Å². The van der Waals surface area contributed by atoms with Gasteiger partial charge in [-0.15, -0.1) is 0 Å². The van der Waals surface area contributed by atoms with Gasteiger partial charge in [-0.2, -0.15) is 5.26 Å². The van der Waals surface area contributed by atoms with E-state index in [1.54, 1.807) is 30.3 Å². The number of benzene rings is 1. The Morgan fingerprint density at radius 2 is 2.27 bits per heavy atom. The van der Waals surface area contributed by atoms with Gasteiger partial charge in [0.25, 0.3) is 5.78 Å². The number of nitrogens with zero attached hydrogens (tertiary/aromatic N) is 1. The third-order valence-electron chi connectivity index (χ3n) is 1.19. The van der Waals surface area contributed by atoms with Crippen LogP contribution in [0.5, 0.6) is 0 Å². The van der Waals surface area contributed by atoms with E-state index < -0.39 is 5.78 Å². The molecule has 2 nitrogen and oxygen atoms in total. The highest BCUT2D eigenvalue weighted by Crippen LogP contribution is 2.11. The normalized spacial score (nSPS) is 8.73. The van der Waals surface area contributed by atoms with Crippen molar-refractivity contribution >= 4 is 21.7 Å². The van der Waals surface area contributed by atoms with Crippen LogP contribution in [-0.4, -0.2) is 5.78 Å². The minimum Gasteiger partial charge on any atom is -0.277 e. The summed E-state index contributed by atoms with van der Waals surface area (Å²) >= 11 is 3.20. The minimum absolute atomic E-state index is 0.418. The van der Waals surface area contributed by atoms with Crippen molar-refractivity contribution in [3.63, 3.8) is 0 Å². The van der Waals surface area contributed by atoms with Gasteiger partial charge in [0.05, 0.1) is 0 Å². The van der Waals surface area contributed by atoms with Crippen LogP contribution in [0, 0.1) is 11.3 Å². The molecule has 1 rings (SSSR count). The second-order valence-corrected chi connectivity index (χ2v) is 2.87. The molecule has 54 valence electrons. The summed E-state index contributed by atoms with van der Waals surface area (Å²) in [4.78, 5) is 10.8. The Hall–Kier alpha value is -1.14. The van der Waals surface area contributed by atoms with Crippen molar-refractivity contribution in [1.82, 2.24) is 0 Å². The highest BCUT2D eigenvalue weighted by atomic mass is 79.9. The van der Waals surface area contributed by atoms with Crippen molar-refractivity contribution in [2.24, 2.45) is 0 Å². The zero-order valence-electron chi connectivity index (χ0n) is 5.54. The number of halogens is 1. The summed E-state index contributed by atoms with van der Waals surface area (Å²) < 4.78 is 0.804. The Morgan fingerprint density at radius 1 is 1.55 bits per heavy atom. The molecule has 0 aliphatic rings. The van der Waals surface area contributed by atoms with Crippen LogP contribution in [0.3, 0.4) is 0 Å². The van der Waals surface area contributed by atoms with Gasteiger partial charge in [-0.1, -0.05) is 28.1 Å². The molecule has 0 aromatic heterocycles. The fraction of sp³-hybridized carbons (Fsp3) is 0.